The number of hydrogen-bond acceptors (Lipinski definition) is 4. The summed E-state index contributed by atoms with van der Waals surface area (Å²) in [5, 5.41) is 0. The zero-order valence-corrected chi connectivity index (χ0v) is 16.1. The summed E-state index contributed by atoms with van der Waals surface area (Å²) < 4.78 is 11.9. The van der Waals surface area contributed by atoms with Crippen molar-refractivity contribution >= 4 is 0 Å². The second-order valence-corrected chi connectivity index (χ2v) is 8.17. The Bertz CT molecular complexity index is 816. The SMILES string of the molecule is COc1cc(CN2[C@H]3CC[C@@H]2c2cccnc2C3)ccc1OC1CCCC1. The number of hydrogen-bond donors (Lipinski definition) is 0. The zero-order valence-electron chi connectivity index (χ0n) is 16.1. The van der Waals surface area contributed by atoms with Gasteiger partial charge in [-0.2, -0.15) is 0 Å². The van der Waals surface area contributed by atoms with Gasteiger partial charge in [-0.25, -0.2) is 0 Å². The van der Waals surface area contributed by atoms with Gasteiger partial charge in [0.2, 0.25) is 0 Å². The average molecular weight is 364 g/mol. The first-order valence-electron chi connectivity index (χ1n) is 10.3. The molecule has 2 aromatic rings. The molecule has 0 spiro atoms. The Morgan fingerprint density at radius 2 is 1.96 bits per heavy atom. The van der Waals surface area contributed by atoms with Crippen LogP contribution in [-0.4, -0.2) is 29.1 Å². The number of nitrogens with zero attached hydrogens (tertiary/aromatic N) is 2. The van der Waals surface area contributed by atoms with Crippen molar-refractivity contribution < 1.29 is 9.47 Å². The number of aromatic nitrogens is 1. The number of pyridine rings is 1. The molecule has 2 atom stereocenters. The topological polar surface area (TPSA) is 34.6 Å². The smallest absolute Gasteiger partial charge is 0.161 e. The number of methoxy groups -OCH3 is 1. The van der Waals surface area contributed by atoms with Gasteiger partial charge in [-0.15, -0.1) is 0 Å². The second-order valence-electron chi connectivity index (χ2n) is 8.17. The molecule has 1 aromatic heterocycles. The Hall–Kier alpha value is -2.07. The highest BCUT2D eigenvalue weighted by Crippen LogP contribution is 2.44. The minimum absolute atomic E-state index is 0.353. The highest BCUT2D eigenvalue weighted by atomic mass is 16.5. The van der Waals surface area contributed by atoms with Crippen molar-refractivity contribution in [3.63, 3.8) is 0 Å². The fourth-order valence-electron chi connectivity index (χ4n) is 5.18. The van der Waals surface area contributed by atoms with Crippen molar-refractivity contribution in [2.75, 3.05) is 7.11 Å². The van der Waals surface area contributed by atoms with Gasteiger partial charge in [0, 0.05) is 36.9 Å². The van der Waals surface area contributed by atoms with Crippen molar-refractivity contribution in [3.8, 4) is 11.5 Å². The van der Waals surface area contributed by atoms with Crippen molar-refractivity contribution in [1.29, 1.82) is 0 Å². The molecule has 2 fully saturated rings. The molecule has 2 aliphatic heterocycles. The lowest BCUT2D eigenvalue weighted by Crippen LogP contribution is -2.37. The molecule has 4 nitrogen and oxygen atoms in total. The number of ether oxygens (including phenoxy) is 2. The van der Waals surface area contributed by atoms with Crippen LogP contribution in [-0.2, 0) is 13.0 Å². The van der Waals surface area contributed by atoms with Crippen LogP contribution in [0.15, 0.2) is 36.5 Å². The summed E-state index contributed by atoms with van der Waals surface area (Å²) in [5.41, 5.74) is 4.04. The molecule has 27 heavy (non-hydrogen) atoms. The van der Waals surface area contributed by atoms with E-state index in [0.717, 1.165) is 37.3 Å². The van der Waals surface area contributed by atoms with E-state index in [0.29, 0.717) is 18.2 Å². The fourth-order valence-corrected chi connectivity index (χ4v) is 5.18. The Morgan fingerprint density at radius 3 is 2.81 bits per heavy atom. The van der Waals surface area contributed by atoms with Crippen molar-refractivity contribution in [2.24, 2.45) is 0 Å². The van der Waals surface area contributed by atoms with Gasteiger partial charge in [-0.05, 0) is 67.9 Å². The van der Waals surface area contributed by atoms with E-state index in [1.165, 1.54) is 42.5 Å². The maximum Gasteiger partial charge on any atom is 0.161 e. The van der Waals surface area contributed by atoms with E-state index in [1.54, 1.807) is 7.11 Å². The Labute approximate surface area is 161 Å². The Morgan fingerprint density at radius 1 is 1.07 bits per heavy atom. The molecule has 3 aliphatic rings. The standard InChI is InChI=1S/C23H28N2O2/c1-26-23-13-16(8-11-22(23)27-18-5-2-3-6-18)15-25-17-9-10-21(25)19-7-4-12-24-20(19)14-17/h4,7-8,11-13,17-18,21H,2-3,5-6,9-10,14-15H2,1H3/t17-,21+/m0/s1. The third kappa shape index (κ3) is 3.20. The van der Waals surface area contributed by atoms with Crippen molar-refractivity contribution in [3.05, 3.63) is 53.3 Å². The van der Waals surface area contributed by atoms with Crippen LogP contribution in [0.25, 0.3) is 0 Å². The van der Waals surface area contributed by atoms with Crippen LogP contribution in [0.1, 0.15) is 61.4 Å². The molecule has 1 saturated heterocycles. The lowest BCUT2D eigenvalue weighted by molar-refractivity contribution is 0.166. The number of benzene rings is 1. The van der Waals surface area contributed by atoms with Gasteiger partial charge in [0.05, 0.1) is 13.2 Å². The summed E-state index contributed by atoms with van der Waals surface area (Å²) in [4.78, 5) is 7.29. The third-order valence-electron chi connectivity index (χ3n) is 6.55. The lowest BCUT2D eigenvalue weighted by Gasteiger charge is -2.35. The molecule has 5 rings (SSSR count). The molecule has 3 heterocycles. The monoisotopic (exact) mass is 364 g/mol. The summed E-state index contributed by atoms with van der Waals surface area (Å²) in [6.45, 7) is 0.962. The van der Waals surface area contributed by atoms with Gasteiger partial charge in [-0.3, -0.25) is 9.88 Å². The first kappa shape index (κ1) is 17.1. The summed E-state index contributed by atoms with van der Waals surface area (Å²) in [5.74, 6) is 1.76. The third-order valence-corrected chi connectivity index (χ3v) is 6.55. The maximum atomic E-state index is 6.20. The molecule has 142 valence electrons. The summed E-state index contributed by atoms with van der Waals surface area (Å²) >= 11 is 0. The normalized spacial score (nSPS) is 24.8. The lowest BCUT2D eigenvalue weighted by atomic mass is 9.97. The number of rotatable bonds is 5. The van der Waals surface area contributed by atoms with E-state index in [-0.39, 0.29) is 0 Å². The molecule has 1 aliphatic carbocycles. The van der Waals surface area contributed by atoms with Crippen LogP contribution in [0, 0.1) is 0 Å². The average Bonchev–Trinajstić information content (AvgIpc) is 3.30. The van der Waals surface area contributed by atoms with Crippen molar-refractivity contribution in [2.45, 2.75) is 69.7 Å². The van der Waals surface area contributed by atoms with E-state index in [9.17, 15) is 0 Å². The second kappa shape index (κ2) is 7.16. The van der Waals surface area contributed by atoms with E-state index in [4.69, 9.17) is 9.47 Å². The largest absolute Gasteiger partial charge is 0.493 e. The minimum Gasteiger partial charge on any atom is -0.493 e. The van der Waals surface area contributed by atoms with E-state index < -0.39 is 0 Å². The minimum atomic E-state index is 0.353. The van der Waals surface area contributed by atoms with Gasteiger partial charge in [0.25, 0.3) is 0 Å². The Kier molecular flexibility index (Phi) is 4.52. The van der Waals surface area contributed by atoms with Gasteiger partial charge >= 0.3 is 0 Å². The maximum absolute atomic E-state index is 6.20. The summed E-state index contributed by atoms with van der Waals surface area (Å²) in [6, 6.07) is 11.9. The first-order valence-corrected chi connectivity index (χ1v) is 10.3. The van der Waals surface area contributed by atoms with Crippen LogP contribution in [0.3, 0.4) is 0 Å². The molecule has 2 bridgehead atoms. The highest BCUT2D eigenvalue weighted by Gasteiger charge is 2.40. The van der Waals surface area contributed by atoms with Crippen LogP contribution in [0.2, 0.25) is 0 Å². The molecular formula is C23H28N2O2. The van der Waals surface area contributed by atoms with Gasteiger partial charge in [0.15, 0.2) is 11.5 Å². The van der Waals surface area contributed by atoms with Gasteiger partial charge in [0.1, 0.15) is 0 Å². The molecule has 4 heteroatoms. The quantitative estimate of drug-likeness (QED) is 0.772. The van der Waals surface area contributed by atoms with Crippen LogP contribution in [0.5, 0.6) is 11.5 Å². The molecular weight excluding hydrogens is 336 g/mol. The molecule has 0 amide bonds. The zero-order chi connectivity index (χ0) is 18.2. The highest BCUT2D eigenvalue weighted by molar-refractivity contribution is 5.43. The van der Waals surface area contributed by atoms with E-state index in [1.807, 2.05) is 6.20 Å². The van der Waals surface area contributed by atoms with E-state index in [2.05, 4.69) is 40.2 Å². The predicted octanol–water partition coefficient (Wildman–Crippen LogP) is 4.67. The predicted molar refractivity (Wildman–Crippen MR) is 105 cm³/mol. The van der Waals surface area contributed by atoms with Crippen LogP contribution < -0.4 is 9.47 Å². The van der Waals surface area contributed by atoms with Crippen LogP contribution >= 0.6 is 0 Å². The van der Waals surface area contributed by atoms with Gasteiger partial charge in [-0.1, -0.05) is 12.1 Å². The molecule has 1 saturated carbocycles. The first-order chi connectivity index (χ1) is 13.3. The van der Waals surface area contributed by atoms with E-state index >= 15 is 0 Å². The number of fused-ring (bicyclic) bond motifs is 4. The summed E-state index contributed by atoms with van der Waals surface area (Å²) in [7, 11) is 1.74. The summed E-state index contributed by atoms with van der Waals surface area (Å²) in [6.07, 6.45) is 10.7. The molecule has 0 radical (unpaired) electrons. The molecule has 1 aromatic carbocycles. The fraction of sp³-hybridized carbons (Fsp3) is 0.522. The Balaban J connectivity index is 1.35. The molecule has 0 unspecified atom stereocenters. The molecule has 0 N–H and O–H groups in total. The van der Waals surface area contributed by atoms with Gasteiger partial charge < -0.3 is 9.47 Å². The van der Waals surface area contributed by atoms with Crippen LogP contribution in [0.4, 0.5) is 0 Å². The van der Waals surface area contributed by atoms with Crippen molar-refractivity contribution in [1.82, 2.24) is 9.88 Å².